The van der Waals surface area contributed by atoms with E-state index in [9.17, 15) is 4.79 Å². The number of rotatable bonds is 5. The molecule has 0 unspecified atom stereocenters. The minimum atomic E-state index is -0.0996. The summed E-state index contributed by atoms with van der Waals surface area (Å²) in [5.74, 6) is 1.12. The number of nitrogens with one attached hydrogen (secondary N) is 2. The number of anilines is 1. The predicted molar refractivity (Wildman–Crippen MR) is 94.8 cm³/mol. The predicted octanol–water partition coefficient (Wildman–Crippen LogP) is 4.28. The largest absolute Gasteiger partial charge is 0.497 e. The van der Waals surface area contributed by atoms with Crippen molar-refractivity contribution in [3.05, 3.63) is 52.3 Å². The summed E-state index contributed by atoms with van der Waals surface area (Å²) in [5, 5.41) is 12.5. The Balaban J connectivity index is 1.73. The zero-order chi connectivity index (χ0) is 16.5. The van der Waals surface area contributed by atoms with Crippen molar-refractivity contribution in [3.63, 3.8) is 0 Å². The first-order valence-corrected chi connectivity index (χ1v) is 8.72. The van der Waals surface area contributed by atoms with Crippen LogP contribution in [0.15, 0.2) is 41.8 Å². The molecule has 3 aromatic rings. The van der Waals surface area contributed by atoms with Gasteiger partial charge in [0.2, 0.25) is 0 Å². The van der Waals surface area contributed by atoms with E-state index in [1.54, 1.807) is 7.11 Å². The zero-order valence-corrected chi connectivity index (χ0v) is 14.0. The van der Waals surface area contributed by atoms with Crippen LogP contribution in [-0.2, 0) is 0 Å². The fourth-order valence-electron chi connectivity index (χ4n) is 2.71. The Labute approximate surface area is 143 Å². The number of nitrogens with zero attached hydrogens (tertiary/aromatic N) is 1. The minimum absolute atomic E-state index is 0.0996. The number of carbonyl (C=O) groups excluding carboxylic acids is 1. The van der Waals surface area contributed by atoms with Crippen LogP contribution in [0.4, 0.5) is 5.69 Å². The first-order chi connectivity index (χ1) is 11.8. The molecular formula is C18H17N3O2S. The van der Waals surface area contributed by atoms with Gasteiger partial charge < -0.3 is 10.1 Å². The van der Waals surface area contributed by atoms with Crippen molar-refractivity contribution < 1.29 is 9.53 Å². The highest BCUT2D eigenvalue weighted by molar-refractivity contribution is 7.12. The van der Waals surface area contributed by atoms with E-state index in [2.05, 4.69) is 15.5 Å². The number of H-pyrrole nitrogens is 1. The normalized spacial score (nSPS) is 13.7. The third kappa shape index (κ3) is 2.80. The van der Waals surface area contributed by atoms with Gasteiger partial charge in [0.25, 0.3) is 5.91 Å². The van der Waals surface area contributed by atoms with Gasteiger partial charge in [0.1, 0.15) is 11.4 Å². The molecular weight excluding hydrogens is 322 g/mol. The summed E-state index contributed by atoms with van der Waals surface area (Å²) >= 11 is 1.43. The van der Waals surface area contributed by atoms with Gasteiger partial charge in [0.05, 0.1) is 23.4 Å². The van der Waals surface area contributed by atoms with Crippen molar-refractivity contribution in [2.45, 2.75) is 18.8 Å². The summed E-state index contributed by atoms with van der Waals surface area (Å²) in [5.41, 5.74) is 3.46. The molecule has 1 fully saturated rings. The van der Waals surface area contributed by atoms with Gasteiger partial charge in [-0.15, -0.1) is 11.3 Å². The second kappa shape index (κ2) is 6.13. The van der Waals surface area contributed by atoms with E-state index in [0.29, 0.717) is 10.8 Å². The van der Waals surface area contributed by atoms with Crippen LogP contribution in [0.2, 0.25) is 0 Å². The molecule has 1 amide bonds. The maximum Gasteiger partial charge on any atom is 0.265 e. The van der Waals surface area contributed by atoms with Crippen molar-refractivity contribution >= 4 is 22.9 Å². The van der Waals surface area contributed by atoms with Crippen LogP contribution in [0.3, 0.4) is 0 Å². The Hall–Kier alpha value is -2.60. The van der Waals surface area contributed by atoms with E-state index in [4.69, 9.17) is 4.74 Å². The number of methoxy groups -OCH3 is 1. The third-order valence-corrected chi connectivity index (χ3v) is 4.98. The summed E-state index contributed by atoms with van der Waals surface area (Å²) in [6.07, 6.45) is 2.25. The smallest absolute Gasteiger partial charge is 0.265 e. The molecule has 2 N–H and O–H groups in total. The SMILES string of the molecule is COc1cccc(-c2n[nH]c(C3CC3)c2NC(=O)c2cccs2)c1. The molecule has 122 valence electrons. The minimum Gasteiger partial charge on any atom is -0.497 e. The fourth-order valence-corrected chi connectivity index (χ4v) is 3.33. The zero-order valence-electron chi connectivity index (χ0n) is 13.2. The fraction of sp³-hybridized carbons (Fsp3) is 0.222. The molecule has 0 radical (unpaired) electrons. The summed E-state index contributed by atoms with van der Waals surface area (Å²) < 4.78 is 5.30. The Morgan fingerprint density at radius 1 is 1.33 bits per heavy atom. The lowest BCUT2D eigenvalue weighted by atomic mass is 10.1. The van der Waals surface area contributed by atoms with E-state index < -0.39 is 0 Å². The molecule has 1 aliphatic carbocycles. The molecule has 0 aliphatic heterocycles. The first-order valence-electron chi connectivity index (χ1n) is 7.84. The molecule has 6 heteroatoms. The highest BCUT2D eigenvalue weighted by Gasteiger charge is 2.31. The Morgan fingerprint density at radius 3 is 2.92 bits per heavy atom. The van der Waals surface area contributed by atoms with Crippen LogP contribution in [0.5, 0.6) is 5.75 Å². The molecule has 4 rings (SSSR count). The van der Waals surface area contributed by atoms with Crippen LogP contribution in [0.25, 0.3) is 11.3 Å². The van der Waals surface area contributed by atoms with E-state index in [1.165, 1.54) is 11.3 Å². The molecule has 1 aromatic carbocycles. The van der Waals surface area contributed by atoms with Crippen LogP contribution < -0.4 is 10.1 Å². The van der Waals surface area contributed by atoms with Gasteiger partial charge in [0.15, 0.2) is 0 Å². The van der Waals surface area contributed by atoms with Crippen LogP contribution in [0, 0.1) is 0 Å². The number of thiophene rings is 1. The lowest BCUT2D eigenvalue weighted by Gasteiger charge is -2.08. The molecule has 2 heterocycles. The average Bonchev–Trinajstić information content (AvgIpc) is 3.13. The lowest BCUT2D eigenvalue weighted by molar-refractivity contribution is 0.103. The van der Waals surface area contributed by atoms with Crippen LogP contribution >= 0.6 is 11.3 Å². The molecule has 0 spiro atoms. The van der Waals surface area contributed by atoms with Crippen molar-refractivity contribution in [2.24, 2.45) is 0 Å². The van der Waals surface area contributed by atoms with Gasteiger partial charge in [-0.25, -0.2) is 0 Å². The third-order valence-electron chi connectivity index (χ3n) is 4.11. The van der Waals surface area contributed by atoms with Gasteiger partial charge in [-0.05, 0) is 36.4 Å². The number of hydrogen-bond acceptors (Lipinski definition) is 4. The number of aromatic amines is 1. The van der Waals surface area contributed by atoms with Crippen molar-refractivity contribution in [1.29, 1.82) is 0 Å². The number of carbonyl (C=O) groups is 1. The molecule has 2 aromatic heterocycles. The Morgan fingerprint density at radius 2 is 2.21 bits per heavy atom. The average molecular weight is 339 g/mol. The summed E-state index contributed by atoms with van der Waals surface area (Å²) in [6, 6.07) is 11.4. The summed E-state index contributed by atoms with van der Waals surface area (Å²) in [6.45, 7) is 0. The maximum absolute atomic E-state index is 12.5. The van der Waals surface area contributed by atoms with Gasteiger partial charge in [0, 0.05) is 11.5 Å². The topological polar surface area (TPSA) is 67.0 Å². The Bertz CT molecular complexity index is 866. The quantitative estimate of drug-likeness (QED) is 0.729. The number of ether oxygens (including phenoxy) is 1. The van der Waals surface area contributed by atoms with Crippen LogP contribution in [-0.4, -0.2) is 23.2 Å². The highest BCUT2D eigenvalue weighted by atomic mass is 32.1. The molecule has 0 bridgehead atoms. The summed E-state index contributed by atoms with van der Waals surface area (Å²) in [4.78, 5) is 13.2. The number of benzene rings is 1. The molecule has 1 aliphatic rings. The second-order valence-corrected chi connectivity index (χ2v) is 6.75. The maximum atomic E-state index is 12.5. The van der Waals surface area contributed by atoms with E-state index >= 15 is 0 Å². The lowest BCUT2D eigenvalue weighted by Crippen LogP contribution is -2.11. The van der Waals surface area contributed by atoms with E-state index in [-0.39, 0.29) is 5.91 Å². The Kier molecular flexibility index (Phi) is 3.82. The molecule has 1 saturated carbocycles. The van der Waals surface area contributed by atoms with Gasteiger partial charge >= 0.3 is 0 Å². The molecule has 24 heavy (non-hydrogen) atoms. The molecule has 5 nitrogen and oxygen atoms in total. The monoisotopic (exact) mass is 339 g/mol. The first kappa shape index (κ1) is 15.0. The van der Waals surface area contributed by atoms with Gasteiger partial charge in [-0.2, -0.15) is 5.10 Å². The molecule has 0 saturated heterocycles. The van der Waals surface area contributed by atoms with E-state index in [1.807, 2.05) is 41.8 Å². The standard InChI is InChI=1S/C18H17N3O2S/c1-23-13-5-2-4-12(10-13)16-17(15(20-21-16)11-7-8-11)19-18(22)14-6-3-9-24-14/h2-6,9-11H,7-8H2,1H3,(H,19,22)(H,20,21). The van der Waals surface area contributed by atoms with E-state index in [0.717, 1.165) is 41.2 Å². The summed E-state index contributed by atoms with van der Waals surface area (Å²) in [7, 11) is 1.64. The highest BCUT2D eigenvalue weighted by Crippen LogP contribution is 2.45. The number of aromatic nitrogens is 2. The van der Waals surface area contributed by atoms with Crippen LogP contribution in [0.1, 0.15) is 34.1 Å². The number of hydrogen-bond donors (Lipinski definition) is 2. The number of amides is 1. The van der Waals surface area contributed by atoms with Gasteiger partial charge in [-0.3, -0.25) is 9.89 Å². The van der Waals surface area contributed by atoms with Gasteiger partial charge in [-0.1, -0.05) is 18.2 Å². The molecule has 0 atom stereocenters. The van der Waals surface area contributed by atoms with Crippen molar-refractivity contribution in [3.8, 4) is 17.0 Å². The van der Waals surface area contributed by atoms with Crippen molar-refractivity contribution in [1.82, 2.24) is 10.2 Å². The second-order valence-electron chi connectivity index (χ2n) is 5.80. The van der Waals surface area contributed by atoms with Crippen molar-refractivity contribution in [2.75, 3.05) is 12.4 Å².